The summed E-state index contributed by atoms with van der Waals surface area (Å²) in [5.74, 6) is 0.601. The van der Waals surface area contributed by atoms with Crippen LogP contribution >= 0.6 is 0 Å². The van der Waals surface area contributed by atoms with Crippen molar-refractivity contribution < 1.29 is 9.16 Å². The average molecular weight is 186 g/mol. The summed E-state index contributed by atoms with van der Waals surface area (Å²) < 4.78 is 10.8. The molecule has 0 rings (SSSR count). The maximum absolute atomic E-state index is 5.66. The zero-order chi connectivity index (χ0) is 9.78. The van der Waals surface area contributed by atoms with Gasteiger partial charge in [-0.3, -0.25) is 0 Å². The van der Waals surface area contributed by atoms with E-state index >= 15 is 0 Å². The van der Waals surface area contributed by atoms with Gasteiger partial charge in [0.1, 0.15) is 0 Å². The van der Waals surface area contributed by atoms with Crippen LogP contribution < -0.4 is 0 Å². The SMILES string of the molecule is C=COC(O[Si](C)(C)C)=C(C)C. The predicted molar refractivity (Wildman–Crippen MR) is 54.1 cm³/mol. The van der Waals surface area contributed by atoms with E-state index in [9.17, 15) is 0 Å². The Bertz CT molecular complexity index is 185. The van der Waals surface area contributed by atoms with E-state index < -0.39 is 8.32 Å². The van der Waals surface area contributed by atoms with Gasteiger partial charge in [-0.25, -0.2) is 0 Å². The second-order valence-electron chi connectivity index (χ2n) is 3.79. The molecule has 0 heterocycles. The fourth-order valence-corrected chi connectivity index (χ4v) is 1.41. The van der Waals surface area contributed by atoms with Gasteiger partial charge in [-0.2, -0.15) is 0 Å². The second kappa shape index (κ2) is 4.35. The molecule has 0 amide bonds. The Morgan fingerprint density at radius 2 is 1.75 bits per heavy atom. The lowest BCUT2D eigenvalue weighted by atomic mass is 10.4. The van der Waals surface area contributed by atoms with Crippen molar-refractivity contribution in [3.63, 3.8) is 0 Å². The summed E-state index contributed by atoms with van der Waals surface area (Å²) in [5, 5.41) is 0. The molecule has 70 valence electrons. The van der Waals surface area contributed by atoms with E-state index in [4.69, 9.17) is 9.16 Å². The van der Waals surface area contributed by atoms with Crippen LogP contribution in [-0.4, -0.2) is 8.32 Å². The molecule has 0 atom stereocenters. The van der Waals surface area contributed by atoms with Gasteiger partial charge < -0.3 is 9.16 Å². The quantitative estimate of drug-likeness (QED) is 0.495. The minimum absolute atomic E-state index is 0.601. The Morgan fingerprint density at radius 1 is 1.25 bits per heavy atom. The summed E-state index contributed by atoms with van der Waals surface area (Å²) in [6, 6.07) is 0. The highest BCUT2D eigenvalue weighted by atomic mass is 28.4. The third-order valence-electron chi connectivity index (χ3n) is 0.998. The standard InChI is InChI=1S/C9H18O2Si/c1-7-10-9(8(2)3)11-12(4,5)6/h7H,1H2,2-6H3. The van der Waals surface area contributed by atoms with E-state index in [1.54, 1.807) is 0 Å². The van der Waals surface area contributed by atoms with E-state index in [0.717, 1.165) is 5.57 Å². The number of rotatable bonds is 4. The fourth-order valence-electron chi connectivity index (χ4n) is 0.598. The minimum Gasteiger partial charge on any atom is -0.519 e. The Labute approximate surface area is 76.0 Å². The molecule has 2 nitrogen and oxygen atoms in total. The summed E-state index contributed by atoms with van der Waals surface area (Å²) in [4.78, 5) is 0. The normalized spacial score (nSPS) is 10.4. The molecule has 0 fully saturated rings. The molecule has 0 radical (unpaired) electrons. The molecule has 0 aromatic carbocycles. The zero-order valence-corrected chi connectivity index (χ0v) is 9.60. The van der Waals surface area contributed by atoms with Crippen LogP contribution in [0.15, 0.2) is 24.4 Å². The largest absolute Gasteiger partial charge is 0.519 e. The molecule has 0 spiro atoms. The molecular weight excluding hydrogens is 168 g/mol. The second-order valence-corrected chi connectivity index (χ2v) is 8.22. The van der Waals surface area contributed by atoms with Crippen LogP contribution in [0.2, 0.25) is 19.6 Å². The van der Waals surface area contributed by atoms with E-state index in [-0.39, 0.29) is 0 Å². The van der Waals surface area contributed by atoms with E-state index in [1.165, 1.54) is 6.26 Å². The molecule has 0 bridgehead atoms. The summed E-state index contributed by atoms with van der Waals surface area (Å²) in [6.07, 6.45) is 1.39. The van der Waals surface area contributed by atoms with Gasteiger partial charge in [0.25, 0.3) is 5.95 Å². The predicted octanol–water partition coefficient (Wildman–Crippen LogP) is 3.25. The van der Waals surface area contributed by atoms with Crippen LogP contribution in [0.5, 0.6) is 0 Å². The molecule has 12 heavy (non-hydrogen) atoms. The third-order valence-corrected chi connectivity index (χ3v) is 1.80. The molecule has 0 saturated heterocycles. The Kier molecular flexibility index (Phi) is 4.10. The highest BCUT2D eigenvalue weighted by Gasteiger charge is 2.18. The van der Waals surface area contributed by atoms with Crippen LogP contribution in [0.25, 0.3) is 0 Å². The number of hydrogen-bond donors (Lipinski definition) is 0. The molecule has 0 unspecified atom stereocenters. The van der Waals surface area contributed by atoms with E-state index in [1.807, 2.05) is 13.8 Å². The first kappa shape index (κ1) is 11.3. The minimum atomic E-state index is -1.55. The highest BCUT2D eigenvalue weighted by molar-refractivity contribution is 6.70. The summed E-state index contributed by atoms with van der Waals surface area (Å²) >= 11 is 0. The number of allylic oxidation sites excluding steroid dienone is 1. The van der Waals surface area contributed by atoms with Crippen molar-refractivity contribution in [2.75, 3.05) is 0 Å². The molecule has 3 heteroatoms. The average Bonchev–Trinajstić information content (AvgIpc) is 1.83. The van der Waals surface area contributed by atoms with Crippen LogP contribution in [0.4, 0.5) is 0 Å². The maximum atomic E-state index is 5.66. The van der Waals surface area contributed by atoms with Crippen molar-refractivity contribution in [1.29, 1.82) is 0 Å². The monoisotopic (exact) mass is 186 g/mol. The van der Waals surface area contributed by atoms with Crippen LogP contribution in [0.3, 0.4) is 0 Å². The van der Waals surface area contributed by atoms with Crippen LogP contribution in [-0.2, 0) is 9.16 Å². The van der Waals surface area contributed by atoms with Gasteiger partial charge in [-0.1, -0.05) is 6.58 Å². The molecular formula is C9H18O2Si. The van der Waals surface area contributed by atoms with Gasteiger partial charge >= 0.3 is 0 Å². The zero-order valence-electron chi connectivity index (χ0n) is 8.60. The molecule has 0 N–H and O–H groups in total. The highest BCUT2D eigenvalue weighted by Crippen LogP contribution is 2.14. The van der Waals surface area contributed by atoms with Gasteiger partial charge in [0.15, 0.2) is 0 Å². The lowest BCUT2D eigenvalue weighted by Gasteiger charge is -2.21. The molecule has 0 aliphatic rings. The molecule has 0 aliphatic heterocycles. The molecule has 0 aromatic rings. The third kappa shape index (κ3) is 5.01. The van der Waals surface area contributed by atoms with Crippen LogP contribution in [0.1, 0.15) is 13.8 Å². The van der Waals surface area contributed by atoms with Gasteiger partial charge in [-0.05, 0) is 33.5 Å². The lowest BCUT2D eigenvalue weighted by molar-refractivity contribution is 0.175. The first-order chi connectivity index (χ1) is 5.37. The van der Waals surface area contributed by atoms with Crippen molar-refractivity contribution in [2.24, 2.45) is 0 Å². The number of hydrogen-bond acceptors (Lipinski definition) is 2. The van der Waals surface area contributed by atoms with E-state index in [2.05, 4.69) is 26.2 Å². The number of ether oxygens (including phenoxy) is 1. The van der Waals surface area contributed by atoms with Gasteiger partial charge in [0.2, 0.25) is 8.32 Å². The molecule has 0 aliphatic carbocycles. The van der Waals surface area contributed by atoms with Gasteiger partial charge in [0.05, 0.1) is 6.26 Å². The van der Waals surface area contributed by atoms with E-state index in [0.29, 0.717) is 5.95 Å². The first-order valence-electron chi connectivity index (χ1n) is 4.01. The Morgan fingerprint density at radius 3 is 2.00 bits per heavy atom. The molecule has 0 saturated carbocycles. The Balaban J connectivity index is 4.36. The summed E-state index contributed by atoms with van der Waals surface area (Å²) in [7, 11) is -1.55. The van der Waals surface area contributed by atoms with Crippen molar-refractivity contribution in [1.82, 2.24) is 0 Å². The lowest BCUT2D eigenvalue weighted by Crippen LogP contribution is -2.25. The van der Waals surface area contributed by atoms with Crippen molar-refractivity contribution in [2.45, 2.75) is 33.5 Å². The first-order valence-corrected chi connectivity index (χ1v) is 7.41. The Hall–Kier alpha value is -0.703. The van der Waals surface area contributed by atoms with Gasteiger partial charge in [-0.15, -0.1) is 0 Å². The van der Waals surface area contributed by atoms with Crippen molar-refractivity contribution in [3.05, 3.63) is 24.4 Å². The van der Waals surface area contributed by atoms with Gasteiger partial charge in [0, 0.05) is 5.57 Å². The van der Waals surface area contributed by atoms with Crippen molar-refractivity contribution >= 4 is 8.32 Å². The smallest absolute Gasteiger partial charge is 0.268 e. The van der Waals surface area contributed by atoms with Crippen molar-refractivity contribution in [3.8, 4) is 0 Å². The maximum Gasteiger partial charge on any atom is 0.268 e. The topological polar surface area (TPSA) is 18.5 Å². The summed E-state index contributed by atoms with van der Waals surface area (Å²) in [6.45, 7) is 13.7. The summed E-state index contributed by atoms with van der Waals surface area (Å²) in [5.41, 5.74) is 1.04. The fraction of sp³-hybridized carbons (Fsp3) is 0.556. The van der Waals surface area contributed by atoms with Crippen LogP contribution in [0, 0.1) is 0 Å². The molecule has 0 aromatic heterocycles.